The molecule has 3 unspecified atom stereocenters. The summed E-state index contributed by atoms with van der Waals surface area (Å²) in [6.07, 6.45) is 4.22. The van der Waals surface area contributed by atoms with E-state index in [1.54, 1.807) is 0 Å². The van der Waals surface area contributed by atoms with Crippen molar-refractivity contribution in [3.63, 3.8) is 0 Å². The zero-order valence-electron chi connectivity index (χ0n) is 13.9. The molecule has 0 amide bonds. The summed E-state index contributed by atoms with van der Waals surface area (Å²) in [5.74, 6) is 0.899. The number of rotatable bonds is 2. The van der Waals surface area contributed by atoms with Gasteiger partial charge in [-0.15, -0.1) is 0 Å². The molecule has 2 bridgehead atoms. The Bertz CT molecular complexity index is 515. The topological polar surface area (TPSA) is 12.0 Å². The lowest BCUT2D eigenvalue weighted by Gasteiger charge is -2.44. The second-order valence-corrected chi connectivity index (χ2v) is 8.27. The molecule has 0 heterocycles. The average Bonchev–Trinajstić information content (AvgIpc) is 2.77. The van der Waals surface area contributed by atoms with Crippen LogP contribution in [-0.2, 0) is 0 Å². The highest BCUT2D eigenvalue weighted by atomic mass is 15.0. The molecule has 1 aromatic rings. The zero-order chi connectivity index (χ0) is 14.7. The fourth-order valence-electron chi connectivity index (χ4n) is 5.21. The maximum absolute atomic E-state index is 3.97. The molecular formula is C19H29N. The number of aryl methyl sites for hydroxylation is 3. The van der Waals surface area contributed by atoms with Gasteiger partial charge in [-0.3, -0.25) is 0 Å². The SMILES string of the molecule is Cc1cc(C)c(NC2C3(C)CCC(C3)C2(C)C)c(C)c1. The molecule has 0 spiro atoms. The Balaban J connectivity index is 1.96. The molecule has 2 saturated carbocycles. The van der Waals surface area contributed by atoms with E-state index in [2.05, 4.69) is 59.0 Å². The van der Waals surface area contributed by atoms with Gasteiger partial charge in [-0.1, -0.05) is 38.5 Å². The van der Waals surface area contributed by atoms with Gasteiger partial charge in [0.1, 0.15) is 0 Å². The normalized spacial score (nSPS) is 34.5. The van der Waals surface area contributed by atoms with Crippen LogP contribution in [0.3, 0.4) is 0 Å². The molecule has 1 aromatic carbocycles. The van der Waals surface area contributed by atoms with Gasteiger partial charge in [0.2, 0.25) is 0 Å². The minimum absolute atomic E-state index is 0.413. The van der Waals surface area contributed by atoms with E-state index in [4.69, 9.17) is 0 Å². The van der Waals surface area contributed by atoms with Crippen molar-refractivity contribution in [3.05, 3.63) is 28.8 Å². The molecule has 0 radical (unpaired) electrons. The Morgan fingerprint density at radius 3 is 2.15 bits per heavy atom. The summed E-state index contributed by atoms with van der Waals surface area (Å²) in [6.45, 7) is 14.1. The fraction of sp³-hybridized carbons (Fsp3) is 0.684. The molecular weight excluding hydrogens is 242 g/mol. The Morgan fingerprint density at radius 2 is 1.65 bits per heavy atom. The van der Waals surface area contributed by atoms with Gasteiger partial charge in [0.15, 0.2) is 0 Å². The molecule has 2 aliphatic rings. The highest BCUT2D eigenvalue weighted by Crippen LogP contribution is 2.63. The molecule has 1 N–H and O–H groups in total. The van der Waals surface area contributed by atoms with Gasteiger partial charge in [-0.2, -0.15) is 0 Å². The summed E-state index contributed by atoms with van der Waals surface area (Å²) in [7, 11) is 0. The summed E-state index contributed by atoms with van der Waals surface area (Å²) in [6, 6.07) is 5.21. The van der Waals surface area contributed by atoms with Crippen LogP contribution < -0.4 is 5.32 Å². The number of fused-ring (bicyclic) bond motifs is 2. The highest BCUT2D eigenvalue weighted by molar-refractivity contribution is 5.59. The van der Waals surface area contributed by atoms with Crippen LogP contribution in [0.2, 0.25) is 0 Å². The number of benzene rings is 1. The first-order valence-electron chi connectivity index (χ1n) is 8.08. The first kappa shape index (κ1) is 14.0. The van der Waals surface area contributed by atoms with Crippen molar-refractivity contribution in [3.8, 4) is 0 Å². The molecule has 0 aromatic heterocycles. The van der Waals surface area contributed by atoms with Gasteiger partial charge >= 0.3 is 0 Å². The molecule has 2 aliphatic carbocycles. The first-order chi connectivity index (χ1) is 9.24. The van der Waals surface area contributed by atoms with Crippen molar-refractivity contribution >= 4 is 5.69 Å². The van der Waals surface area contributed by atoms with Crippen LogP contribution in [0.25, 0.3) is 0 Å². The van der Waals surface area contributed by atoms with E-state index >= 15 is 0 Å². The van der Waals surface area contributed by atoms with Crippen LogP contribution >= 0.6 is 0 Å². The standard InChI is InChI=1S/C19H29N/c1-12-9-13(2)16(14(3)10-12)20-17-18(4,5)15-7-8-19(17,6)11-15/h9-10,15,17,20H,7-8,11H2,1-6H3. The maximum Gasteiger partial charge on any atom is 0.0402 e. The Morgan fingerprint density at radius 1 is 1.05 bits per heavy atom. The number of hydrogen-bond donors (Lipinski definition) is 1. The third kappa shape index (κ3) is 1.89. The van der Waals surface area contributed by atoms with Crippen LogP contribution in [0.5, 0.6) is 0 Å². The summed E-state index contributed by atoms with van der Waals surface area (Å²) < 4.78 is 0. The Labute approximate surface area is 124 Å². The third-order valence-corrected chi connectivity index (χ3v) is 6.24. The van der Waals surface area contributed by atoms with Gasteiger partial charge in [-0.05, 0) is 67.9 Å². The van der Waals surface area contributed by atoms with E-state index in [9.17, 15) is 0 Å². The number of hydrogen-bond acceptors (Lipinski definition) is 1. The number of nitrogens with one attached hydrogen (secondary N) is 1. The van der Waals surface area contributed by atoms with Crippen molar-refractivity contribution in [1.29, 1.82) is 0 Å². The summed E-state index contributed by atoms with van der Waals surface area (Å²) in [5, 5.41) is 3.97. The number of anilines is 1. The quantitative estimate of drug-likeness (QED) is 0.775. The van der Waals surface area contributed by atoms with Crippen molar-refractivity contribution in [2.45, 2.75) is 66.8 Å². The van der Waals surface area contributed by atoms with Gasteiger partial charge in [0.25, 0.3) is 0 Å². The molecule has 3 rings (SSSR count). The molecule has 2 fully saturated rings. The van der Waals surface area contributed by atoms with Gasteiger partial charge in [-0.25, -0.2) is 0 Å². The van der Waals surface area contributed by atoms with Crippen molar-refractivity contribution in [2.75, 3.05) is 5.32 Å². The summed E-state index contributed by atoms with van der Waals surface area (Å²) in [5.41, 5.74) is 6.43. The predicted octanol–water partition coefficient (Wildman–Crippen LogP) is 5.24. The second kappa shape index (κ2) is 4.26. The minimum Gasteiger partial charge on any atom is -0.381 e. The lowest BCUT2D eigenvalue weighted by atomic mass is 9.68. The maximum atomic E-state index is 3.97. The van der Waals surface area contributed by atoms with E-state index in [1.165, 1.54) is 41.6 Å². The minimum atomic E-state index is 0.413. The van der Waals surface area contributed by atoms with Crippen LogP contribution in [0.15, 0.2) is 12.1 Å². The van der Waals surface area contributed by atoms with Gasteiger partial charge < -0.3 is 5.32 Å². The largest absolute Gasteiger partial charge is 0.381 e. The van der Waals surface area contributed by atoms with Crippen LogP contribution in [0.1, 0.15) is 56.7 Å². The zero-order valence-corrected chi connectivity index (χ0v) is 13.9. The third-order valence-electron chi connectivity index (χ3n) is 6.24. The van der Waals surface area contributed by atoms with Crippen LogP contribution in [0, 0.1) is 37.5 Å². The van der Waals surface area contributed by atoms with E-state index in [0.29, 0.717) is 16.9 Å². The van der Waals surface area contributed by atoms with Crippen molar-refractivity contribution in [2.24, 2.45) is 16.7 Å². The molecule has 3 atom stereocenters. The molecule has 20 heavy (non-hydrogen) atoms. The van der Waals surface area contributed by atoms with E-state index in [0.717, 1.165) is 5.92 Å². The summed E-state index contributed by atoms with van der Waals surface area (Å²) in [4.78, 5) is 0. The highest BCUT2D eigenvalue weighted by Gasteiger charge is 2.59. The monoisotopic (exact) mass is 271 g/mol. The smallest absolute Gasteiger partial charge is 0.0402 e. The van der Waals surface area contributed by atoms with Crippen molar-refractivity contribution in [1.82, 2.24) is 0 Å². The fourth-order valence-corrected chi connectivity index (χ4v) is 5.21. The van der Waals surface area contributed by atoms with Gasteiger partial charge in [0, 0.05) is 11.7 Å². The molecule has 1 nitrogen and oxygen atoms in total. The van der Waals surface area contributed by atoms with E-state index in [1.807, 2.05) is 0 Å². The Hall–Kier alpha value is -0.980. The molecule has 1 heteroatoms. The second-order valence-electron chi connectivity index (χ2n) is 8.27. The predicted molar refractivity (Wildman–Crippen MR) is 87.3 cm³/mol. The molecule has 0 saturated heterocycles. The lowest BCUT2D eigenvalue weighted by molar-refractivity contribution is 0.155. The van der Waals surface area contributed by atoms with Crippen molar-refractivity contribution < 1.29 is 0 Å². The van der Waals surface area contributed by atoms with Crippen LogP contribution in [-0.4, -0.2) is 6.04 Å². The van der Waals surface area contributed by atoms with E-state index in [-0.39, 0.29) is 0 Å². The van der Waals surface area contributed by atoms with Gasteiger partial charge in [0.05, 0.1) is 0 Å². The average molecular weight is 271 g/mol. The lowest BCUT2D eigenvalue weighted by Crippen LogP contribution is -2.46. The molecule has 0 aliphatic heterocycles. The van der Waals surface area contributed by atoms with E-state index < -0.39 is 0 Å². The first-order valence-corrected chi connectivity index (χ1v) is 8.08. The van der Waals surface area contributed by atoms with Crippen LogP contribution in [0.4, 0.5) is 5.69 Å². The Kier molecular flexibility index (Phi) is 2.97. The summed E-state index contributed by atoms with van der Waals surface area (Å²) >= 11 is 0. The molecule has 110 valence electrons.